The van der Waals surface area contributed by atoms with E-state index in [1.165, 1.54) is 18.2 Å². The minimum Gasteiger partial charge on any atom is -0.290 e. The molecular formula is C13H11FN2O. The number of rotatable bonds is 2. The van der Waals surface area contributed by atoms with Gasteiger partial charge in [-0.25, -0.2) is 10.2 Å². The summed E-state index contributed by atoms with van der Waals surface area (Å²) in [5.74, 6) is 4.26. The maximum atomic E-state index is 13.2. The van der Waals surface area contributed by atoms with Crippen molar-refractivity contribution in [3.8, 4) is 11.1 Å². The van der Waals surface area contributed by atoms with Gasteiger partial charge in [-0.15, -0.1) is 0 Å². The van der Waals surface area contributed by atoms with Gasteiger partial charge in [0.15, 0.2) is 0 Å². The zero-order chi connectivity index (χ0) is 12.3. The van der Waals surface area contributed by atoms with Gasteiger partial charge in [-0.05, 0) is 29.3 Å². The van der Waals surface area contributed by atoms with Crippen molar-refractivity contribution in [1.82, 2.24) is 5.43 Å². The predicted molar refractivity (Wildman–Crippen MR) is 63.5 cm³/mol. The Morgan fingerprint density at radius 1 is 1.12 bits per heavy atom. The van der Waals surface area contributed by atoms with Crippen LogP contribution in [0.5, 0.6) is 0 Å². The van der Waals surface area contributed by atoms with E-state index < -0.39 is 11.7 Å². The van der Waals surface area contributed by atoms with Gasteiger partial charge >= 0.3 is 0 Å². The Bertz CT molecular complexity index is 540. The lowest BCUT2D eigenvalue weighted by Crippen LogP contribution is -2.30. The van der Waals surface area contributed by atoms with E-state index >= 15 is 0 Å². The van der Waals surface area contributed by atoms with Crippen molar-refractivity contribution >= 4 is 5.91 Å². The normalized spacial score (nSPS) is 10.0. The van der Waals surface area contributed by atoms with E-state index in [9.17, 15) is 9.18 Å². The van der Waals surface area contributed by atoms with E-state index in [4.69, 9.17) is 5.84 Å². The Morgan fingerprint density at radius 2 is 1.82 bits per heavy atom. The fraction of sp³-hybridized carbons (Fsp3) is 0. The molecule has 0 bridgehead atoms. The van der Waals surface area contributed by atoms with E-state index in [0.29, 0.717) is 11.1 Å². The van der Waals surface area contributed by atoms with E-state index in [1.807, 2.05) is 35.8 Å². The zero-order valence-corrected chi connectivity index (χ0v) is 8.98. The lowest BCUT2D eigenvalue weighted by Gasteiger charge is -2.08. The lowest BCUT2D eigenvalue weighted by atomic mass is 9.99. The summed E-state index contributed by atoms with van der Waals surface area (Å²) in [7, 11) is 0. The van der Waals surface area contributed by atoms with Crippen molar-refractivity contribution in [3.63, 3.8) is 0 Å². The molecule has 3 nitrogen and oxygen atoms in total. The average Bonchev–Trinajstić information content (AvgIpc) is 2.39. The van der Waals surface area contributed by atoms with E-state index in [1.54, 1.807) is 0 Å². The topological polar surface area (TPSA) is 55.1 Å². The van der Waals surface area contributed by atoms with Crippen LogP contribution in [-0.4, -0.2) is 5.91 Å². The van der Waals surface area contributed by atoms with Gasteiger partial charge in [0.1, 0.15) is 5.82 Å². The first-order chi connectivity index (χ1) is 8.22. The zero-order valence-electron chi connectivity index (χ0n) is 8.98. The molecular weight excluding hydrogens is 219 g/mol. The highest BCUT2D eigenvalue weighted by atomic mass is 19.1. The first-order valence-corrected chi connectivity index (χ1v) is 5.08. The molecule has 2 aromatic carbocycles. The molecule has 2 aromatic rings. The van der Waals surface area contributed by atoms with Gasteiger partial charge in [0.05, 0.1) is 0 Å². The highest BCUT2D eigenvalue weighted by molar-refractivity contribution is 6.00. The van der Waals surface area contributed by atoms with Crippen molar-refractivity contribution in [1.29, 1.82) is 0 Å². The molecule has 4 heteroatoms. The smallest absolute Gasteiger partial charge is 0.265 e. The van der Waals surface area contributed by atoms with Crippen molar-refractivity contribution < 1.29 is 9.18 Å². The minimum atomic E-state index is -0.441. The van der Waals surface area contributed by atoms with Gasteiger partial charge in [-0.2, -0.15) is 0 Å². The highest BCUT2D eigenvalue weighted by Gasteiger charge is 2.12. The molecule has 0 saturated heterocycles. The van der Waals surface area contributed by atoms with Crippen LogP contribution in [0.15, 0.2) is 48.5 Å². The number of benzene rings is 2. The van der Waals surface area contributed by atoms with E-state index in [2.05, 4.69) is 0 Å². The number of hydrogen-bond donors (Lipinski definition) is 2. The van der Waals surface area contributed by atoms with Crippen molar-refractivity contribution in [2.75, 3.05) is 0 Å². The van der Waals surface area contributed by atoms with Crippen LogP contribution in [0, 0.1) is 5.82 Å². The summed E-state index contributed by atoms with van der Waals surface area (Å²) in [4.78, 5) is 11.6. The summed E-state index contributed by atoms with van der Waals surface area (Å²) in [5.41, 5.74) is 3.69. The van der Waals surface area contributed by atoms with Crippen LogP contribution in [-0.2, 0) is 0 Å². The second kappa shape index (κ2) is 4.76. The number of halogens is 1. The maximum Gasteiger partial charge on any atom is 0.265 e. The third-order valence-electron chi connectivity index (χ3n) is 2.44. The van der Waals surface area contributed by atoms with Crippen molar-refractivity contribution in [3.05, 3.63) is 59.9 Å². The van der Waals surface area contributed by atoms with E-state index in [0.717, 1.165) is 5.56 Å². The van der Waals surface area contributed by atoms with Crippen LogP contribution >= 0.6 is 0 Å². The Hall–Kier alpha value is -2.20. The number of hydrazine groups is 1. The second-order valence-corrected chi connectivity index (χ2v) is 3.53. The third kappa shape index (κ3) is 2.32. The fourth-order valence-electron chi connectivity index (χ4n) is 1.65. The molecule has 0 spiro atoms. The number of carbonyl (C=O) groups is 1. The molecule has 3 N–H and O–H groups in total. The Balaban J connectivity index is 2.59. The summed E-state index contributed by atoms with van der Waals surface area (Å²) >= 11 is 0. The van der Waals surface area contributed by atoms with E-state index in [-0.39, 0.29) is 0 Å². The molecule has 0 aliphatic carbocycles. The monoisotopic (exact) mass is 230 g/mol. The molecule has 0 radical (unpaired) electrons. The molecule has 0 fully saturated rings. The Kier molecular flexibility index (Phi) is 3.16. The fourth-order valence-corrected chi connectivity index (χ4v) is 1.65. The number of hydrogen-bond acceptors (Lipinski definition) is 2. The van der Waals surface area contributed by atoms with Gasteiger partial charge in [0.2, 0.25) is 0 Å². The molecule has 0 aliphatic heterocycles. The molecule has 0 aromatic heterocycles. The number of amides is 1. The van der Waals surface area contributed by atoms with Gasteiger partial charge in [0, 0.05) is 5.56 Å². The number of nitrogens with two attached hydrogens (primary N) is 1. The Labute approximate surface area is 98.0 Å². The first-order valence-electron chi connectivity index (χ1n) is 5.08. The standard InChI is InChI=1S/C13H11FN2O/c14-10-6-7-11(13(17)16-15)12(8-10)9-4-2-1-3-5-9/h1-8H,15H2,(H,16,17). The molecule has 1 amide bonds. The summed E-state index contributed by atoms with van der Waals surface area (Å²) in [6.45, 7) is 0. The first kappa shape index (κ1) is 11.3. The summed E-state index contributed by atoms with van der Waals surface area (Å²) in [6.07, 6.45) is 0. The number of nitrogens with one attached hydrogen (secondary N) is 1. The predicted octanol–water partition coefficient (Wildman–Crippen LogP) is 2.10. The number of carbonyl (C=O) groups excluding carboxylic acids is 1. The second-order valence-electron chi connectivity index (χ2n) is 3.53. The SMILES string of the molecule is NNC(=O)c1ccc(F)cc1-c1ccccc1. The quantitative estimate of drug-likeness (QED) is 0.471. The van der Waals surface area contributed by atoms with Crippen molar-refractivity contribution in [2.45, 2.75) is 0 Å². The van der Waals surface area contributed by atoms with Crippen molar-refractivity contribution in [2.24, 2.45) is 5.84 Å². The third-order valence-corrected chi connectivity index (χ3v) is 2.44. The van der Waals surface area contributed by atoms with Gasteiger partial charge < -0.3 is 0 Å². The van der Waals surface area contributed by atoms with Gasteiger partial charge in [0.25, 0.3) is 5.91 Å². The van der Waals surface area contributed by atoms with Gasteiger partial charge in [-0.1, -0.05) is 30.3 Å². The molecule has 0 atom stereocenters. The van der Waals surface area contributed by atoms with Crippen LogP contribution in [0.2, 0.25) is 0 Å². The molecule has 17 heavy (non-hydrogen) atoms. The molecule has 0 aliphatic rings. The summed E-state index contributed by atoms with van der Waals surface area (Å²) < 4.78 is 13.2. The largest absolute Gasteiger partial charge is 0.290 e. The Morgan fingerprint density at radius 3 is 2.47 bits per heavy atom. The molecule has 0 saturated carbocycles. The van der Waals surface area contributed by atoms with Crippen LogP contribution in [0.4, 0.5) is 4.39 Å². The molecule has 2 rings (SSSR count). The van der Waals surface area contributed by atoms with Crippen LogP contribution < -0.4 is 11.3 Å². The summed E-state index contributed by atoms with van der Waals surface area (Å²) in [6, 6.07) is 13.1. The number of nitrogen functional groups attached to an aromatic ring is 1. The van der Waals surface area contributed by atoms with Crippen LogP contribution in [0.25, 0.3) is 11.1 Å². The maximum absolute atomic E-state index is 13.2. The molecule has 86 valence electrons. The summed E-state index contributed by atoms with van der Waals surface area (Å²) in [5, 5.41) is 0. The van der Waals surface area contributed by atoms with Gasteiger partial charge in [-0.3, -0.25) is 10.2 Å². The highest BCUT2D eigenvalue weighted by Crippen LogP contribution is 2.24. The molecule has 0 unspecified atom stereocenters. The van der Waals surface area contributed by atoms with Crippen LogP contribution in [0.3, 0.4) is 0 Å². The minimum absolute atomic E-state index is 0.347. The lowest BCUT2D eigenvalue weighted by molar-refractivity contribution is 0.0954. The van der Waals surface area contributed by atoms with Crippen LogP contribution in [0.1, 0.15) is 10.4 Å². The average molecular weight is 230 g/mol. The molecule has 0 heterocycles.